The third kappa shape index (κ3) is 16.8. The molecule has 0 bridgehead atoms. The standard InChI is InChI=1S/C32H43N3O12S3.3Na/c1-3-4-5-6-7-8-9-10-11-12-13-14-17-47-28-16-15-24(48(38,39)40)20-26(28)34-35-31-29(50(44,45)46)19-23-18-25(49(41,42)43)21-27(33-22(2)36)30(23)32(31)37;;;/h15-16,18-21,37H,3-14,17H2,1-2H3,(H,33,36)(H,38,39,40)(H,41,42,43)(H,44,45,46);;;. The summed E-state index contributed by atoms with van der Waals surface area (Å²) < 4.78 is 107. The molecule has 0 aliphatic heterocycles. The number of carbonyl (C=O) groups excluding carboxylic acids is 1. The van der Waals surface area contributed by atoms with Crippen LogP contribution < -0.4 is 10.1 Å². The van der Waals surface area contributed by atoms with Gasteiger partial charge in [0.2, 0.25) is 5.91 Å². The summed E-state index contributed by atoms with van der Waals surface area (Å²) in [6.45, 7) is 3.47. The summed E-state index contributed by atoms with van der Waals surface area (Å²) in [5, 5.41) is 20.5. The van der Waals surface area contributed by atoms with E-state index in [-0.39, 0.29) is 123 Å². The van der Waals surface area contributed by atoms with E-state index in [2.05, 4.69) is 22.5 Å². The largest absolute Gasteiger partial charge is 0.505 e. The number of phenolic OH excluding ortho intramolecular Hbond substituents is 1. The van der Waals surface area contributed by atoms with Crippen LogP contribution in [0.25, 0.3) is 10.8 Å². The normalized spacial score (nSPS) is 11.8. The number of hydrogen-bond donors (Lipinski definition) is 5. The van der Waals surface area contributed by atoms with Gasteiger partial charge in [-0.2, -0.15) is 25.3 Å². The van der Waals surface area contributed by atoms with Crippen LogP contribution in [0, 0.1) is 0 Å². The number of nitrogens with zero attached hydrogens (tertiary/aromatic N) is 2. The number of aromatic hydroxyl groups is 1. The maximum Gasteiger partial charge on any atom is 0.296 e. The summed E-state index contributed by atoms with van der Waals surface area (Å²) in [4.78, 5) is 9.47. The van der Waals surface area contributed by atoms with Gasteiger partial charge in [0.1, 0.15) is 22.0 Å². The monoisotopic (exact) mass is 826 g/mol. The molecule has 3 radical (unpaired) electrons. The molecule has 0 saturated heterocycles. The van der Waals surface area contributed by atoms with Crippen molar-refractivity contribution in [2.75, 3.05) is 11.9 Å². The van der Waals surface area contributed by atoms with Crippen molar-refractivity contribution in [1.82, 2.24) is 0 Å². The first-order chi connectivity index (χ1) is 23.4. The second kappa shape index (κ2) is 24.2. The summed E-state index contributed by atoms with van der Waals surface area (Å²) in [5.41, 5.74) is -1.52. The average Bonchev–Trinajstić information content (AvgIpc) is 3.01. The minimum atomic E-state index is -5.19. The second-order valence-electron chi connectivity index (χ2n) is 11.8. The third-order valence-electron chi connectivity index (χ3n) is 7.75. The molecular formula is C32H43N3Na3O12S3. The molecule has 21 heteroatoms. The molecule has 0 fully saturated rings. The minimum Gasteiger partial charge on any atom is -0.505 e. The Morgan fingerprint density at radius 2 is 1.23 bits per heavy atom. The van der Waals surface area contributed by atoms with Crippen molar-refractivity contribution >= 4 is 153 Å². The van der Waals surface area contributed by atoms with Gasteiger partial charge in [0.05, 0.1) is 22.1 Å². The van der Waals surface area contributed by atoms with Crippen molar-refractivity contribution in [3.05, 3.63) is 36.4 Å². The molecule has 0 spiro atoms. The van der Waals surface area contributed by atoms with Crippen LogP contribution in [0.4, 0.5) is 17.1 Å². The van der Waals surface area contributed by atoms with Gasteiger partial charge in [-0.25, -0.2) is 0 Å². The van der Waals surface area contributed by atoms with Gasteiger partial charge in [-0.1, -0.05) is 77.6 Å². The number of nitrogens with one attached hydrogen (secondary N) is 1. The van der Waals surface area contributed by atoms with E-state index in [1.54, 1.807) is 0 Å². The molecule has 0 atom stereocenters. The van der Waals surface area contributed by atoms with E-state index in [0.717, 1.165) is 62.9 Å². The Morgan fingerprint density at radius 3 is 1.72 bits per heavy atom. The van der Waals surface area contributed by atoms with Crippen LogP contribution in [-0.2, 0) is 35.1 Å². The van der Waals surface area contributed by atoms with Gasteiger partial charge in [0, 0.05) is 101 Å². The molecule has 5 N–H and O–H groups in total. The Bertz CT molecular complexity index is 2050. The SMILES string of the molecule is CCCCCCCCCCCCCCOc1ccc(S(=O)(=O)O)cc1N=Nc1c(S(=O)(=O)O)cc2cc(S(=O)(=O)O)cc(NC(C)=O)c2c1O.[Na].[Na].[Na]. The average molecular weight is 827 g/mol. The zero-order valence-corrected chi connectivity index (χ0v) is 39.3. The van der Waals surface area contributed by atoms with Gasteiger partial charge in [-0.3, -0.25) is 18.5 Å². The molecule has 3 aromatic rings. The first kappa shape index (κ1) is 52.3. The number of carbonyl (C=O) groups is 1. The van der Waals surface area contributed by atoms with Gasteiger partial charge in [0.25, 0.3) is 30.4 Å². The molecule has 3 rings (SSSR count). The number of unbranched alkanes of at least 4 members (excludes halogenated alkanes) is 11. The van der Waals surface area contributed by atoms with Crippen LogP contribution in [-0.4, -0.2) is 145 Å². The van der Waals surface area contributed by atoms with Crippen molar-refractivity contribution in [1.29, 1.82) is 0 Å². The maximum absolute atomic E-state index is 12.4. The summed E-state index contributed by atoms with van der Waals surface area (Å²) in [6, 6.07) is 5.52. The van der Waals surface area contributed by atoms with Crippen molar-refractivity contribution in [3.8, 4) is 11.5 Å². The number of anilines is 1. The Morgan fingerprint density at radius 1 is 0.698 bits per heavy atom. The first-order valence-corrected chi connectivity index (χ1v) is 20.5. The van der Waals surface area contributed by atoms with E-state index in [1.165, 1.54) is 51.0 Å². The number of benzene rings is 3. The summed E-state index contributed by atoms with van der Waals surface area (Å²) in [5.74, 6) is -1.69. The molecule has 0 heterocycles. The van der Waals surface area contributed by atoms with Gasteiger partial charge in [0.15, 0.2) is 5.75 Å². The number of hydrogen-bond acceptors (Lipinski definition) is 11. The number of phenols is 1. The van der Waals surface area contributed by atoms with Crippen LogP contribution in [0.2, 0.25) is 0 Å². The van der Waals surface area contributed by atoms with Crippen LogP contribution in [0.15, 0.2) is 61.3 Å². The molecule has 0 aliphatic carbocycles. The maximum atomic E-state index is 12.4. The zero-order chi connectivity index (χ0) is 37.1. The van der Waals surface area contributed by atoms with Gasteiger partial charge >= 0.3 is 0 Å². The van der Waals surface area contributed by atoms with Crippen molar-refractivity contribution in [2.45, 2.75) is 106 Å². The molecule has 0 aliphatic rings. The number of ether oxygens (including phenoxy) is 1. The summed E-state index contributed by atoms with van der Waals surface area (Å²) in [7, 11) is -14.8. The van der Waals surface area contributed by atoms with E-state index in [4.69, 9.17) is 4.74 Å². The Balaban J connectivity index is 0.00000901. The predicted molar refractivity (Wildman–Crippen MR) is 204 cm³/mol. The van der Waals surface area contributed by atoms with E-state index in [1.807, 2.05) is 0 Å². The van der Waals surface area contributed by atoms with Gasteiger partial charge < -0.3 is 15.2 Å². The molecular weight excluding hydrogens is 784 g/mol. The number of amides is 1. The van der Waals surface area contributed by atoms with E-state index >= 15 is 0 Å². The number of azo groups is 1. The van der Waals surface area contributed by atoms with E-state index < -0.39 is 62.4 Å². The number of rotatable bonds is 20. The molecule has 0 saturated carbocycles. The minimum absolute atomic E-state index is 0. The van der Waals surface area contributed by atoms with Crippen molar-refractivity contribution < 1.29 is 53.5 Å². The van der Waals surface area contributed by atoms with Crippen LogP contribution in [0.5, 0.6) is 11.5 Å². The fourth-order valence-electron chi connectivity index (χ4n) is 5.28. The summed E-state index contributed by atoms with van der Waals surface area (Å²) >= 11 is 0. The quantitative estimate of drug-likeness (QED) is 0.0350. The van der Waals surface area contributed by atoms with Crippen molar-refractivity contribution in [3.63, 3.8) is 0 Å². The van der Waals surface area contributed by atoms with Crippen LogP contribution >= 0.6 is 0 Å². The molecule has 0 unspecified atom stereocenters. The van der Waals surface area contributed by atoms with E-state index in [9.17, 15) is 48.8 Å². The number of fused-ring (bicyclic) bond motifs is 1. The molecule has 0 aromatic heterocycles. The fourth-order valence-corrected chi connectivity index (χ4v) is 6.98. The molecule has 53 heavy (non-hydrogen) atoms. The molecule has 1 amide bonds. The van der Waals surface area contributed by atoms with Crippen molar-refractivity contribution in [2.24, 2.45) is 10.2 Å². The van der Waals surface area contributed by atoms with Crippen LogP contribution in [0.3, 0.4) is 0 Å². The van der Waals surface area contributed by atoms with Gasteiger partial charge in [-0.05, 0) is 48.2 Å². The second-order valence-corrected chi connectivity index (χ2v) is 16.0. The van der Waals surface area contributed by atoms with Gasteiger partial charge in [-0.15, -0.1) is 10.2 Å². The van der Waals surface area contributed by atoms with E-state index in [0.29, 0.717) is 6.42 Å². The predicted octanol–water partition coefficient (Wildman–Crippen LogP) is 6.60. The molecule has 279 valence electrons. The third-order valence-corrected chi connectivity index (χ3v) is 10.3. The Hall–Kier alpha value is -0.680. The first-order valence-electron chi connectivity index (χ1n) is 16.2. The zero-order valence-electron chi connectivity index (χ0n) is 30.8. The molecule has 15 nitrogen and oxygen atoms in total. The Kier molecular flexibility index (Phi) is 23.9. The smallest absolute Gasteiger partial charge is 0.296 e. The van der Waals surface area contributed by atoms with Crippen LogP contribution in [0.1, 0.15) is 90.9 Å². The molecule has 3 aromatic carbocycles. The Labute approximate surface area is 377 Å². The fraction of sp³-hybridized carbons (Fsp3) is 0.469. The topological polar surface area (TPSA) is 246 Å². The summed E-state index contributed by atoms with van der Waals surface area (Å²) in [6.07, 6.45) is 13.5.